The van der Waals surface area contributed by atoms with E-state index in [9.17, 15) is 12.8 Å². The van der Waals surface area contributed by atoms with Crippen LogP contribution in [0.4, 0.5) is 15.8 Å². The second kappa shape index (κ2) is 6.43. The molecule has 0 bridgehead atoms. The molecular formula is C17H15FN2O2S2. The van der Waals surface area contributed by atoms with Crippen LogP contribution in [0.1, 0.15) is 18.9 Å². The number of halogens is 1. The van der Waals surface area contributed by atoms with Gasteiger partial charge in [0.1, 0.15) is 5.82 Å². The van der Waals surface area contributed by atoms with Gasteiger partial charge in [-0.25, -0.2) is 12.8 Å². The quantitative estimate of drug-likeness (QED) is 0.610. The number of rotatable bonds is 3. The molecule has 0 saturated heterocycles. The highest BCUT2D eigenvalue weighted by Crippen LogP contribution is 2.35. The minimum Gasteiger partial charge on any atom is -0.263 e. The first-order valence-electron chi connectivity index (χ1n) is 7.44. The summed E-state index contributed by atoms with van der Waals surface area (Å²) >= 11 is 4.54. The maximum Gasteiger partial charge on any atom is 0.264 e. The van der Waals surface area contributed by atoms with Gasteiger partial charge < -0.3 is 0 Å². The Bertz CT molecular complexity index is 920. The number of benzene rings is 2. The summed E-state index contributed by atoms with van der Waals surface area (Å²) in [6.45, 7) is 1.86. The lowest BCUT2D eigenvalue weighted by Gasteiger charge is -2.36. The van der Waals surface area contributed by atoms with Crippen LogP contribution in [0.2, 0.25) is 0 Å². The summed E-state index contributed by atoms with van der Waals surface area (Å²) in [5, 5.41) is 2.24. The van der Waals surface area contributed by atoms with Crippen LogP contribution >= 0.6 is 12.2 Å². The van der Waals surface area contributed by atoms with E-state index in [2.05, 4.69) is 22.4 Å². The molecule has 0 spiro atoms. The lowest BCUT2D eigenvalue weighted by molar-refractivity contribution is 0.560. The van der Waals surface area contributed by atoms with Gasteiger partial charge in [-0.1, -0.05) is 0 Å². The molecule has 0 aliphatic carbocycles. The Hall–Kier alpha value is -2.08. The van der Waals surface area contributed by atoms with Crippen LogP contribution in [0.5, 0.6) is 0 Å². The highest BCUT2D eigenvalue weighted by atomic mass is 32.2. The SMILES string of the molecule is CC1CCc2cc(F)ccc2N1S(=O)(=O)c1ccc(N=C=S)cc1. The first-order chi connectivity index (χ1) is 11.4. The number of fused-ring (bicyclic) bond motifs is 1. The van der Waals surface area contributed by atoms with Gasteiger partial charge >= 0.3 is 0 Å². The molecule has 1 heterocycles. The Morgan fingerprint density at radius 2 is 1.96 bits per heavy atom. The number of aryl methyl sites for hydroxylation is 1. The van der Waals surface area contributed by atoms with Gasteiger partial charge in [-0.15, -0.1) is 0 Å². The first kappa shape index (κ1) is 16.8. The van der Waals surface area contributed by atoms with E-state index < -0.39 is 10.0 Å². The highest BCUT2D eigenvalue weighted by Gasteiger charge is 2.33. The lowest BCUT2D eigenvalue weighted by atomic mass is 9.99. The van der Waals surface area contributed by atoms with Crippen molar-refractivity contribution in [1.29, 1.82) is 0 Å². The highest BCUT2D eigenvalue weighted by molar-refractivity contribution is 7.92. The second-order valence-corrected chi connectivity index (χ2v) is 7.66. The summed E-state index contributed by atoms with van der Waals surface area (Å²) in [7, 11) is -3.75. The summed E-state index contributed by atoms with van der Waals surface area (Å²) in [5.74, 6) is -0.358. The zero-order valence-corrected chi connectivity index (χ0v) is 14.6. The van der Waals surface area contributed by atoms with Crippen LogP contribution < -0.4 is 4.31 Å². The first-order valence-corrected chi connectivity index (χ1v) is 9.29. The van der Waals surface area contributed by atoms with Gasteiger partial charge in [0.2, 0.25) is 0 Å². The Morgan fingerprint density at radius 1 is 1.25 bits per heavy atom. The molecule has 7 heteroatoms. The van der Waals surface area contributed by atoms with Gasteiger partial charge in [-0.2, -0.15) is 4.99 Å². The molecule has 4 nitrogen and oxygen atoms in total. The van der Waals surface area contributed by atoms with E-state index in [1.807, 2.05) is 6.92 Å². The van der Waals surface area contributed by atoms with Gasteiger partial charge in [-0.3, -0.25) is 4.31 Å². The van der Waals surface area contributed by atoms with Gasteiger partial charge in [0.05, 0.1) is 21.4 Å². The Morgan fingerprint density at radius 3 is 2.62 bits per heavy atom. The van der Waals surface area contributed by atoms with Crippen molar-refractivity contribution in [3.63, 3.8) is 0 Å². The number of nitrogens with zero attached hydrogens (tertiary/aromatic N) is 2. The van der Waals surface area contributed by atoms with Crippen molar-refractivity contribution >= 4 is 38.8 Å². The molecule has 0 radical (unpaired) electrons. The number of isothiocyanates is 1. The van der Waals surface area contributed by atoms with E-state index in [4.69, 9.17) is 0 Å². The summed E-state index contributed by atoms with van der Waals surface area (Å²) in [6, 6.07) is 10.2. The summed E-state index contributed by atoms with van der Waals surface area (Å²) in [6.07, 6.45) is 1.30. The maximum absolute atomic E-state index is 13.5. The van der Waals surface area contributed by atoms with Crippen molar-refractivity contribution < 1.29 is 12.8 Å². The van der Waals surface area contributed by atoms with Gasteiger partial charge in [0.15, 0.2) is 0 Å². The number of hydrogen-bond donors (Lipinski definition) is 0. The number of aliphatic imine (C=N–C) groups is 1. The largest absolute Gasteiger partial charge is 0.264 e. The van der Waals surface area contributed by atoms with Crippen molar-refractivity contribution in [2.24, 2.45) is 4.99 Å². The monoisotopic (exact) mass is 362 g/mol. The predicted molar refractivity (Wildman–Crippen MR) is 95.0 cm³/mol. The number of anilines is 1. The number of sulfonamides is 1. The standard InChI is InChI=1S/C17H15FN2O2S2/c1-12-2-3-13-10-14(18)4-9-17(13)20(12)24(21,22)16-7-5-15(6-8-16)19-11-23/h4-10,12H,2-3H2,1H3. The van der Waals surface area contributed by atoms with Crippen LogP contribution in [0, 0.1) is 5.82 Å². The molecule has 124 valence electrons. The van der Waals surface area contributed by atoms with Crippen molar-refractivity contribution in [3.05, 3.63) is 53.8 Å². The lowest BCUT2D eigenvalue weighted by Crippen LogP contribution is -2.42. The summed E-state index contributed by atoms with van der Waals surface area (Å²) in [5.41, 5.74) is 1.79. The van der Waals surface area contributed by atoms with E-state index in [1.165, 1.54) is 34.6 Å². The van der Waals surface area contributed by atoms with Crippen molar-refractivity contribution in [3.8, 4) is 0 Å². The van der Waals surface area contributed by atoms with Crippen LogP contribution in [-0.2, 0) is 16.4 Å². The maximum atomic E-state index is 13.5. The molecule has 24 heavy (non-hydrogen) atoms. The zero-order valence-electron chi connectivity index (χ0n) is 12.9. The van der Waals surface area contributed by atoms with Gasteiger partial charge in [0.25, 0.3) is 10.0 Å². The van der Waals surface area contributed by atoms with Crippen LogP contribution in [0.15, 0.2) is 52.4 Å². The smallest absolute Gasteiger partial charge is 0.263 e. The van der Waals surface area contributed by atoms with E-state index in [1.54, 1.807) is 12.1 Å². The Balaban J connectivity index is 2.07. The summed E-state index contributed by atoms with van der Waals surface area (Å²) in [4.78, 5) is 3.98. The van der Waals surface area contributed by atoms with Crippen LogP contribution in [0.25, 0.3) is 0 Å². The second-order valence-electron chi connectivity index (χ2n) is 5.66. The molecule has 1 unspecified atom stereocenters. The van der Waals surface area contributed by atoms with Crippen molar-refractivity contribution in [2.75, 3.05) is 4.31 Å². The van der Waals surface area contributed by atoms with E-state index in [0.717, 1.165) is 0 Å². The van der Waals surface area contributed by atoms with Crippen molar-refractivity contribution in [2.45, 2.75) is 30.7 Å². The normalized spacial score (nSPS) is 17.1. The van der Waals surface area contributed by atoms with Gasteiger partial charge in [0, 0.05) is 6.04 Å². The Labute approximate surface area is 145 Å². The van der Waals surface area contributed by atoms with E-state index in [0.29, 0.717) is 29.8 Å². The zero-order chi connectivity index (χ0) is 17.3. The molecular weight excluding hydrogens is 347 g/mol. The molecule has 0 saturated carbocycles. The molecule has 0 fully saturated rings. The average Bonchev–Trinajstić information content (AvgIpc) is 2.55. The molecule has 2 aromatic rings. The molecule has 1 aliphatic heterocycles. The average molecular weight is 362 g/mol. The third-order valence-electron chi connectivity index (χ3n) is 4.08. The molecule has 3 rings (SSSR count). The Kier molecular flexibility index (Phi) is 4.49. The molecule has 0 N–H and O–H groups in total. The minimum atomic E-state index is -3.75. The molecule has 0 amide bonds. The molecule has 0 aromatic heterocycles. The molecule has 2 aromatic carbocycles. The molecule has 1 atom stereocenters. The number of thiocarbonyl (C=S) groups is 1. The fourth-order valence-electron chi connectivity index (χ4n) is 2.91. The fourth-order valence-corrected chi connectivity index (χ4v) is 4.74. The fraction of sp³-hybridized carbons (Fsp3) is 0.235. The summed E-state index contributed by atoms with van der Waals surface area (Å²) < 4.78 is 41.0. The van der Waals surface area contributed by atoms with Crippen LogP contribution in [-0.4, -0.2) is 19.6 Å². The number of hydrogen-bond acceptors (Lipinski definition) is 4. The van der Waals surface area contributed by atoms with E-state index >= 15 is 0 Å². The predicted octanol–water partition coefficient (Wildman–Crippen LogP) is 4.09. The van der Waals surface area contributed by atoms with E-state index in [-0.39, 0.29) is 16.8 Å². The topological polar surface area (TPSA) is 49.7 Å². The minimum absolute atomic E-state index is 0.162. The molecule has 1 aliphatic rings. The third-order valence-corrected chi connectivity index (χ3v) is 6.11. The van der Waals surface area contributed by atoms with Crippen molar-refractivity contribution in [1.82, 2.24) is 0 Å². The van der Waals surface area contributed by atoms with Gasteiger partial charge in [-0.05, 0) is 80.0 Å². The third kappa shape index (κ3) is 2.98. The van der Waals surface area contributed by atoms with Crippen LogP contribution in [0.3, 0.4) is 0 Å².